The van der Waals surface area contributed by atoms with Crippen molar-refractivity contribution in [3.05, 3.63) is 64.2 Å². The number of ether oxygens (including phenoxy) is 1. The fraction of sp³-hybridized carbons (Fsp3) is 0.250. The number of hydrogen-bond donors (Lipinski definition) is 1. The fourth-order valence-corrected chi connectivity index (χ4v) is 2.23. The average molecular weight is 276 g/mol. The number of rotatable bonds is 5. The predicted octanol–water partition coefficient (Wildman–Crippen LogP) is 3.73. The van der Waals surface area contributed by atoms with E-state index in [2.05, 4.69) is 6.07 Å². The molecule has 19 heavy (non-hydrogen) atoms. The van der Waals surface area contributed by atoms with E-state index in [4.69, 9.17) is 22.1 Å². The molecule has 0 atom stereocenters. The molecular weight excluding hydrogens is 258 g/mol. The van der Waals surface area contributed by atoms with Crippen molar-refractivity contribution in [1.82, 2.24) is 0 Å². The normalized spacial score (nSPS) is 10.5. The Hall–Kier alpha value is -1.51. The maximum absolute atomic E-state index is 6.13. The second kappa shape index (κ2) is 6.60. The molecule has 0 aliphatic rings. The maximum Gasteiger partial charge on any atom is 0.125 e. The van der Waals surface area contributed by atoms with Crippen LogP contribution in [0, 0.1) is 6.92 Å². The van der Waals surface area contributed by atoms with E-state index in [1.54, 1.807) is 0 Å². The van der Waals surface area contributed by atoms with Gasteiger partial charge in [-0.2, -0.15) is 0 Å². The van der Waals surface area contributed by atoms with Crippen molar-refractivity contribution in [2.24, 2.45) is 5.73 Å². The van der Waals surface area contributed by atoms with Crippen LogP contribution in [0.1, 0.15) is 16.7 Å². The van der Waals surface area contributed by atoms with Crippen molar-refractivity contribution >= 4 is 11.6 Å². The molecule has 0 fully saturated rings. The quantitative estimate of drug-likeness (QED) is 0.902. The summed E-state index contributed by atoms with van der Waals surface area (Å²) in [7, 11) is 0. The maximum atomic E-state index is 6.13. The Kier molecular flexibility index (Phi) is 4.83. The monoisotopic (exact) mass is 275 g/mol. The minimum atomic E-state index is 0.474. The second-order valence-corrected chi connectivity index (χ2v) is 4.89. The van der Waals surface area contributed by atoms with E-state index in [0.717, 1.165) is 33.9 Å². The Balaban J connectivity index is 2.17. The third-order valence-electron chi connectivity index (χ3n) is 3.04. The van der Waals surface area contributed by atoms with Crippen molar-refractivity contribution in [1.29, 1.82) is 0 Å². The van der Waals surface area contributed by atoms with E-state index in [0.29, 0.717) is 13.2 Å². The molecule has 2 aromatic carbocycles. The molecule has 2 rings (SSSR count). The summed E-state index contributed by atoms with van der Waals surface area (Å²) in [6.45, 7) is 3.13. The number of hydrogen-bond acceptors (Lipinski definition) is 2. The molecule has 2 nitrogen and oxygen atoms in total. The summed E-state index contributed by atoms with van der Waals surface area (Å²) in [6.07, 6.45) is 0.819. The van der Waals surface area contributed by atoms with Gasteiger partial charge in [0.2, 0.25) is 0 Å². The van der Waals surface area contributed by atoms with E-state index in [-0.39, 0.29) is 0 Å². The number of halogens is 1. The van der Waals surface area contributed by atoms with Crippen LogP contribution in [0.15, 0.2) is 42.5 Å². The smallest absolute Gasteiger partial charge is 0.125 e. The minimum Gasteiger partial charge on any atom is -0.488 e. The number of aryl methyl sites for hydroxylation is 1. The van der Waals surface area contributed by atoms with Crippen LogP contribution in [0.2, 0.25) is 5.02 Å². The van der Waals surface area contributed by atoms with Crippen molar-refractivity contribution < 1.29 is 4.74 Å². The lowest BCUT2D eigenvalue weighted by Gasteiger charge is -2.14. The van der Waals surface area contributed by atoms with E-state index >= 15 is 0 Å². The molecular formula is C16H18ClNO. The molecule has 0 aromatic heterocycles. The van der Waals surface area contributed by atoms with Gasteiger partial charge < -0.3 is 10.5 Å². The third-order valence-corrected chi connectivity index (χ3v) is 3.41. The average Bonchev–Trinajstić information content (AvgIpc) is 2.40. The van der Waals surface area contributed by atoms with Crippen LogP contribution in [0.25, 0.3) is 0 Å². The molecule has 0 radical (unpaired) electrons. The third kappa shape index (κ3) is 3.49. The van der Waals surface area contributed by atoms with Crippen molar-refractivity contribution in [2.45, 2.75) is 20.0 Å². The van der Waals surface area contributed by atoms with Gasteiger partial charge in [0.25, 0.3) is 0 Å². The molecule has 0 saturated carbocycles. The Bertz CT molecular complexity index is 554. The highest BCUT2D eigenvalue weighted by Crippen LogP contribution is 2.26. The predicted molar refractivity (Wildman–Crippen MR) is 79.7 cm³/mol. The van der Waals surface area contributed by atoms with Gasteiger partial charge in [0, 0.05) is 10.6 Å². The highest BCUT2D eigenvalue weighted by Gasteiger charge is 2.07. The van der Waals surface area contributed by atoms with E-state index in [9.17, 15) is 0 Å². The summed E-state index contributed by atoms with van der Waals surface area (Å²) >= 11 is 6.13. The van der Waals surface area contributed by atoms with Crippen LogP contribution in [0.5, 0.6) is 5.75 Å². The lowest BCUT2D eigenvalue weighted by atomic mass is 10.1. The molecule has 0 bridgehead atoms. The zero-order valence-corrected chi connectivity index (χ0v) is 11.8. The first-order chi connectivity index (χ1) is 9.22. The van der Waals surface area contributed by atoms with Gasteiger partial charge in [0.15, 0.2) is 0 Å². The number of para-hydroxylation sites is 1. The summed E-state index contributed by atoms with van der Waals surface area (Å²) in [5.41, 5.74) is 8.90. The van der Waals surface area contributed by atoms with Crippen molar-refractivity contribution in [3.8, 4) is 5.75 Å². The molecule has 0 heterocycles. The first-order valence-electron chi connectivity index (χ1n) is 6.37. The van der Waals surface area contributed by atoms with Crippen LogP contribution in [-0.2, 0) is 13.0 Å². The standard InChI is InChI=1S/C16H18ClNO/c1-12-5-4-7-13(9-10-18)16(12)19-11-14-6-2-3-8-15(14)17/h2-8H,9-11,18H2,1H3. The van der Waals surface area contributed by atoms with Crippen LogP contribution in [-0.4, -0.2) is 6.54 Å². The topological polar surface area (TPSA) is 35.2 Å². The molecule has 0 aliphatic heterocycles. The Labute approximate surface area is 119 Å². The van der Waals surface area contributed by atoms with Crippen molar-refractivity contribution in [2.75, 3.05) is 6.54 Å². The number of nitrogens with two attached hydrogens (primary N) is 1. The summed E-state index contributed by atoms with van der Waals surface area (Å²) in [5, 5.41) is 0.733. The lowest BCUT2D eigenvalue weighted by molar-refractivity contribution is 0.301. The first kappa shape index (κ1) is 13.9. The highest BCUT2D eigenvalue weighted by atomic mass is 35.5. The summed E-state index contributed by atoms with van der Waals surface area (Å²) in [5.74, 6) is 0.924. The SMILES string of the molecule is Cc1cccc(CCN)c1OCc1ccccc1Cl. The van der Waals surface area contributed by atoms with Crippen LogP contribution < -0.4 is 10.5 Å². The van der Waals surface area contributed by atoms with Crippen LogP contribution in [0.3, 0.4) is 0 Å². The van der Waals surface area contributed by atoms with Gasteiger partial charge in [-0.25, -0.2) is 0 Å². The van der Waals surface area contributed by atoms with Crippen LogP contribution in [0.4, 0.5) is 0 Å². The zero-order valence-electron chi connectivity index (χ0n) is 11.0. The fourth-order valence-electron chi connectivity index (χ4n) is 2.04. The molecule has 100 valence electrons. The van der Waals surface area contributed by atoms with Gasteiger partial charge in [0.05, 0.1) is 0 Å². The summed E-state index contributed by atoms with van der Waals surface area (Å²) in [6, 6.07) is 13.9. The zero-order chi connectivity index (χ0) is 13.7. The van der Waals surface area contributed by atoms with Gasteiger partial charge in [-0.1, -0.05) is 48.0 Å². The van der Waals surface area contributed by atoms with Gasteiger partial charge in [-0.3, -0.25) is 0 Å². The van der Waals surface area contributed by atoms with Crippen molar-refractivity contribution in [3.63, 3.8) is 0 Å². The largest absolute Gasteiger partial charge is 0.488 e. The van der Waals surface area contributed by atoms with Crippen LogP contribution >= 0.6 is 11.6 Å². The molecule has 2 N–H and O–H groups in total. The van der Waals surface area contributed by atoms with E-state index in [1.807, 2.05) is 43.3 Å². The van der Waals surface area contributed by atoms with Gasteiger partial charge in [0.1, 0.15) is 12.4 Å². The molecule has 0 aliphatic carbocycles. The molecule has 0 amide bonds. The Morgan fingerprint density at radius 3 is 2.53 bits per heavy atom. The highest BCUT2D eigenvalue weighted by molar-refractivity contribution is 6.31. The molecule has 2 aromatic rings. The Morgan fingerprint density at radius 1 is 1.05 bits per heavy atom. The van der Waals surface area contributed by atoms with E-state index in [1.165, 1.54) is 0 Å². The molecule has 0 unspecified atom stereocenters. The lowest BCUT2D eigenvalue weighted by Crippen LogP contribution is -2.06. The van der Waals surface area contributed by atoms with E-state index < -0.39 is 0 Å². The first-order valence-corrected chi connectivity index (χ1v) is 6.75. The van der Waals surface area contributed by atoms with Gasteiger partial charge in [-0.15, -0.1) is 0 Å². The summed E-state index contributed by atoms with van der Waals surface area (Å²) < 4.78 is 5.95. The second-order valence-electron chi connectivity index (χ2n) is 4.48. The molecule has 0 saturated heterocycles. The van der Waals surface area contributed by atoms with Gasteiger partial charge in [-0.05, 0) is 37.1 Å². The molecule has 3 heteroatoms. The molecule has 0 spiro atoms. The van der Waals surface area contributed by atoms with Gasteiger partial charge >= 0.3 is 0 Å². The Morgan fingerprint density at radius 2 is 1.79 bits per heavy atom. The minimum absolute atomic E-state index is 0.474. The number of benzene rings is 2. The summed E-state index contributed by atoms with van der Waals surface area (Å²) in [4.78, 5) is 0.